The van der Waals surface area contributed by atoms with E-state index < -0.39 is 0 Å². The average Bonchev–Trinajstić information content (AvgIpc) is 2.18. The molecule has 1 atom stereocenters. The van der Waals surface area contributed by atoms with Crippen molar-refractivity contribution >= 4 is 12.6 Å². The fourth-order valence-corrected chi connectivity index (χ4v) is 0.761. The topological polar surface area (TPSA) is 24.7 Å². The van der Waals surface area contributed by atoms with Gasteiger partial charge in [0.2, 0.25) is 0 Å². The minimum Gasteiger partial charge on any atom is -0.266 e. The van der Waals surface area contributed by atoms with E-state index >= 15 is 0 Å². The maximum Gasteiger partial charge on any atom is 0.110 e. The first-order valence-electron chi connectivity index (χ1n) is 4.02. The maximum atomic E-state index is 4.07. The SMILES string of the molecule is CC.CC1=CC(C)N=CN=C1. The summed E-state index contributed by atoms with van der Waals surface area (Å²) in [6.45, 7) is 8.06. The first kappa shape index (κ1) is 10.1. The van der Waals surface area contributed by atoms with Crippen LogP contribution in [0.15, 0.2) is 21.6 Å². The van der Waals surface area contributed by atoms with Crippen molar-refractivity contribution in [3.05, 3.63) is 11.6 Å². The average molecular weight is 152 g/mol. The summed E-state index contributed by atoms with van der Waals surface area (Å²) < 4.78 is 0. The first-order chi connectivity index (χ1) is 5.29. The van der Waals surface area contributed by atoms with Gasteiger partial charge in [0, 0.05) is 6.21 Å². The Hall–Kier alpha value is -0.920. The van der Waals surface area contributed by atoms with Crippen LogP contribution in [0.5, 0.6) is 0 Å². The zero-order chi connectivity index (χ0) is 8.69. The van der Waals surface area contributed by atoms with E-state index in [1.54, 1.807) is 6.34 Å². The van der Waals surface area contributed by atoms with Crippen molar-refractivity contribution in [1.29, 1.82) is 0 Å². The molecule has 0 spiro atoms. The molecule has 0 amide bonds. The molecule has 0 bridgehead atoms. The van der Waals surface area contributed by atoms with E-state index in [2.05, 4.69) is 16.1 Å². The van der Waals surface area contributed by atoms with Crippen molar-refractivity contribution < 1.29 is 0 Å². The third-order valence-electron chi connectivity index (χ3n) is 1.15. The molecule has 0 aromatic rings. The normalized spacial score (nSPS) is 21.5. The Labute approximate surface area is 68.8 Å². The molecule has 0 saturated carbocycles. The van der Waals surface area contributed by atoms with Crippen LogP contribution in [-0.4, -0.2) is 18.6 Å². The summed E-state index contributed by atoms with van der Waals surface area (Å²) in [5, 5.41) is 0. The largest absolute Gasteiger partial charge is 0.266 e. The van der Waals surface area contributed by atoms with Crippen molar-refractivity contribution in [2.45, 2.75) is 33.7 Å². The summed E-state index contributed by atoms with van der Waals surface area (Å²) in [6.07, 6.45) is 5.48. The number of hydrogen-bond donors (Lipinski definition) is 0. The van der Waals surface area contributed by atoms with Crippen molar-refractivity contribution in [2.75, 3.05) is 0 Å². The van der Waals surface area contributed by atoms with Gasteiger partial charge in [0.15, 0.2) is 0 Å². The van der Waals surface area contributed by atoms with Gasteiger partial charge in [0.1, 0.15) is 6.34 Å². The van der Waals surface area contributed by atoms with E-state index in [4.69, 9.17) is 0 Å². The van der Waals surface area contributed by atoms with Crippen LogP contribution in [0.3, 0.4) is 0 Å². The Morgan fingerprint density at radius 2 is 2.00 bits per heavy atom. The van der Waals surface area contributed by atoms with E-state index in [1.807, 2.05) is 33.9 Å². The second-order valence-corrected chi connectivity index (χ2v) is 2.19. The fraction of sp³-hybridized carbons (Fsp3) is 0.556. The smallest absolute Gasteiger partial charge is 0.110 e. The first-order valence-corrected chi connectivity index (χ1v) is 4.02. The van der Waals surface area contributed by atoms with E-state index in [1.165, 1.54) is 5.57 Å². The molecule has 0 radical (unpaired) electrons. The zero-order valence-corrected chi connectivity index (χ0v) is 7.70. The second kappa shape index (κ2) is 5.83. The van der Waals surface area contributed by atoms with Gasteiger partial charge in [-0.25, -0.2) is 4.99 Å². The number of hydrogen-bond acceptors (Lipinski definition) is 2. The van der Waals surface area contributed by atoms with E-state index in [0.717, 1.165) is 0 Å². The molecular formula is C9H16N2. The van der Waals surface area contributed by atoms with Gasteiger partial charge in [-0.1, -0.05) is 19.9 Å². The minimum absolute atomic E-state index is 0.285. The molecule has 2 nitrogen and oxygen atoms in total. The van der Waals surface area contributed by atoms with Gasteiger partial charge in [0.05, 0.1) is 6.04 Å². The van der Waals surface area contributed by atoms with Crippen LogP contribution in [0.1, 0.15) is 27.7 Å². The number of rotatable bonds is 0. The lowest BCUT2D eigenvalue weighted by Crippen LogP contribution is -1.90. The van der Waals surface area contributed by atoms with Gasteiger partial charge in [-0.05, 0) is 19.4 Å². The van der Waals surface area contributed by atoms with Gasteiger partial charge in [-0.3, -0.25) is 4.99 Å². The molecule has 0 aromatic carbocycles. The molecular weight excluding hydrogens is 136 g/mol. The van der Waals surface area contributed by atoms with E-state index in [-0.39, 0.29) is 6.04 Å². The summed E-state index contributed by atoms with van der Waals surface area (Å²) in [5.74, 6) is 0. The lowest BCUT2D eigenvalue weighted by atomic mass is 10.2. The highest BCUT2D eigenvalue weighted by Crippen LogP contribution is 1.99. The van der Waals surface area contributed by atoms with Gasteiger partial charge in [-0.15, -0.1) is 0 Å². The van der Waals surface area contributed by atoms with Gasteiger partial charge in [-0.2, -0.15) is 0 Å². The molecule has 1 unspecified atom stereocenters. The molecule has 1 heterocycles. The van der Waals surface area contributed by atoms with Crippen LogP contribution in [0.4, 0.5) is 0 Å². The summed E-state index contributed by atoms with van der Waals surface area (Å²) >= 11 is 0. The van der Waals surface area contributed by atoms with Gasteiger partial charge >= 0.3 is 0 Å². The van der Waals surface area contributed by atoms with Crippen molar-refractivity contribution in [3.8, 4) is 0 Å². The van der Waals surface area contributed by atoms with Crippen LogP contribution < -0.4 is 0 Å². The lowest BCUT2D eigenvalue weighted by molar-refractivity contribution is 0.928. The molecule has 0 N–H and O–H groups in total. The van der Waals surface area contributed by atoms with Crippen molar-refractivity contribution in [1.82, 2.24) is 0 Å². The highest BCUT2D eigenvalue weighted by Gasteiger charge is 1.94. The molecule has 2 heteroatoms. The third-order valence-corrected chi connectivity index (χ3v) is 1.15. The van der Waals surface area contributed by atoms with E-state index in [9.17, 15) is 0 Å². The zero-order valence-electron chi connectivity index (χ0n) is 7.70. The van der Waals surface area contributed by atoms with Crippen molar-refractivity contribution in [3.63, 3.8) is 0 Å². The molecule has 1 aliphatic heterocycles. The second-order valence-electron chi connectivity index (χ2n) is 2.19. The van der Waals surface area contributed by atoms with Crippen LogP contribution in [-0.2, 0) is 0 Å². The minimum atomic E-state index is 0.285. The van der Waals surface area contributed by atoms with Crippen LogP contribution in [0.25, 0.3) is 0 Å². The van der Waals surface area contributed by atoms with Gasteiger partial charge < -0.3 is 0 Å². The maximum absolute atomic E-state index is 4.07. The standard InChI is InChI=1S/C7H10N2.C2H6/c1-6-3-7(2)9-5-8-4-6;1-2/h3-5,7H,1-2H3;1-2H3. The number of allylic oxidation sites excluding steroid dienone is 1. The third kappa shape index (κ3) is 4.48. The Morgan fingerprint density at radius 3 is 2.64 bits per heavy atom. The van der Waals surface area contributed by atoms with E-state index in [0.29, 0.717) is 0 Å². The summed E-state index contributed by atoms with van der Waals surface area (Å²) in [6, 6.07) is 0.285. The molecule has 0 aromatic heterocycles. The fourth-order valence-electron chi connectivity index (χ4n) is 0.761. The monoisotopic (exact) mass is 152 g/mol. The Morgan fingerprint density at radius 1 is 1.36 bits per heavy atom. The quantitative estimate of drug-likeness (QED) is 0.509. The van der Waals surface area contributed by atoms with Gasteiger partial charge in [0.25, 0.3) is 0 Å². The van der Waals surface area contributed by atoms with Crippen LogP contribution in [0, 0.1) is 0 Å². The van der Waals surface area contributed by atoms with Crippen LogP contribution in [0.2, 0.25) is 0 Å². The molecule has 0 saturated heterocycles. The lowest BCUT2D eigenvalue weighted by Gasteiger charge is -1.93. The molecule has 62 valence electrons. The Balaban J connectivity index is 0.000000461. The Bertz CT molecular complexity index is 178. The molecule has 1 rings (SSSR count). The molecule has 0 fully saturated rings. The highest BCUT2D eigenvalue weighted by atomic mass is 14.9. The predicted molar refractivity (Wildman–Crippen MR) is 51.6 cm³/mol. The van der Waals surface area contributed by atoms with Crippen LogP contribution >= 0.6 is 0 Å². The van der Waals surface area contributed by atoms with Crippen molar-refractivity contribution in [2.24, 2.45) is 9.98 Å². The molecule has 1 aliphatic rings. The summed E-state index contributed by atoms with van der Waals surface area (Å²) in [7, 11) is 0. The molecule has 0 aliphatic carbocycles. The highest BCUT2D eigenvalue weighted by molar-refractivity contribution is 5.85. The Kier molecular flexibility index (Phi) is 5.35. The number of aliphatic imine (C=N–C) groups is 2. The molecule has 11 heavy (non-hydrogen) atoms. The summed E-state index contributed by atoms with van der Waals surface area (Å²) in [4.78, 5) is 7.99. The summed E-state index contributed by atoms with van der Waals surface area (Å²) in [5.41, 5.74) is 1.18. The predicted octanol–water partition coefficient (Wildman–Crippen LogP) is 2.46. The number of nitrogens with zero attached hydrogens (tertiary/aromatic N) is 2.